The lowest BCUT2D eigenvalue weighted by atomic mass is 10.2. The van der Waals surface area contributed by atoms with Crippen LogP contribution in [0.1, 0.15) is 30.1 Å². The first-order valence-electron chi connectivity index (χ1n) is 6.64. The number of nitrogens with zero attached hydrogens (tertiary/aromatic N) is 3. The normalized spacial score (nSPS) is 15.2. The van der Waals surface area contributed by atoms with Gasteiger partial charge in [-0.3, -0.25) is 4.79 Å². The number of carboxylic acid groups (broad SMARTS) is 1. The van der Waals surface area contributed by atoms with E-state index in [2.05, 4.69) is 9.88 Å². The quantitative estimate of drug-likeness (QED) is 0.933. The summed E-state index contributed by atoms with van der Waals surface area (Å²) in [5.74, 6) is -1.20. The lowest BCUT2D eigenvalue weighted by molar-refractivity contribution is 0.0695. The number of carboxylic acids is 1. The van der Waals surface area contributed by atoms with E-state index in [9.17, 15) is 9.59 Å². The molecule has 0 aromatic carbocycles. The van der Waals surface area contributed by atoms with Gasteiger partial charge in [-0.15, -0.1) is 0 Å². The van der Waals surface area contributed by atoms with E-state index in [1.165, 1.54) is 17.5 Å². The van der Waals surface area contributed by atoms with Gasteiger partial charge in [-0.2, -0.15) is 0 Å². The maximum Gasteiger partial charge on any atom is 0.341 e. The van der Waals surface area contributed by atoms with Crippen LogP contribution < -0.4 is 10.3 Å². The fraction of sp³-hybridized carbons (Fsp3) is 0.462. The Balaban J connectivity index is 2.23. The van der Waals surface area contributed by atoms with Gasteiger partial charge in [0.25, 0.3) is 0 Å². The number of aryl methyl sites for hydroxylation is 1. The van der Waals surface area contributed by atoms with E-state index in [0.717, 1.165) is 35.9 Å². The van der Waals surface area contributed by atoms with Crippen LogP contribution in [0, 0.1) is 0 Å². The van der Waals surface area contributed by atoms with E-state index in [-0.39, 0.29) is 11.1 Å². The predicted molar refractivity (Wildman–Crippen MR) is 78.0 cm³/mol. The average molecular weight is 293 g/mol. The summed E-state index contributed by atoms with van der Waals surface area (Å²) >= 11 is 1.47. The molecular formula is C13H15N3O3S. The highest BCUT2D eigenvalue weighted by Crippen LogP contribution is 2.29. The van der Waals surface area contributed by atoms with E-state index >= 15 is 0 Å². The summed E-state index contributed by atoms with van der Waals surface area (Å²) in [6.45, 7) is 4.43. The second-order valence-corrected chi connectivity index (χ2v) is 5.76. The second kappa shape index (κ2) is 4.90. The molecule has 1 aliphatic rings. The smallest absolute Gasteiger partial charge is 0.341 e. The first-order valence-corrected chi connectivity index (χ1v) is 7.45. The molecule has 3 heterocycles. The number of carbonyl (C=O) groups is 1. The third-order valence-electron chi connectivity index (χ3n) is 3.55. The molecule has 106 valence electrons. The number of hydrogen-bond acceptors (Lipinski definition) is 5. The Kier molecular flexibility index (Phi) is 3.21. The van der Waals surface area contributed by atoms with Crippen LogP contribution in [-0.2, 0) is 6.54 Å². The molecular weight excluding hydrogens is 278 g/mol. The van der Waals surface area contributed by atoms with Crippen molar-refractivity contribution in [3.63, 3.8) is 0 Å². The van der Waals surface area contributed by atoms with Gasteiger partial charge in [0.1, 0.15) is 15.9 Å². The van der Waals surface area contributed by atoms with E-state index in [4.69, 9.17) is 5.11 Å². The van der Waals surface area contributed by atoms with Gasteiger partial charge in [0.2, 0.25) is 5.43 Å². The monoisotopic (exact) mass is 293 g/mol. The number of aromatic nitrogens is 2. The fourth-order valence-electron chi connectivity index (χ4n) is 2.48. The number of thiazole rings is 1. The largest absolute Gasteiger partial charge is 0.477 e. The first-order chi connectivity index (χ1) is 9.61. The summed E-state index contributed by atoms with van der Waals surface area (Å²) in [7, 11) is 0. The average Bonchev–Trinajstić information content (AvgIpc) is 3.07. The van der Waals surface area contributed by atoms with Gasteiger partial charge in [-0.25, -0.2) is 9.78 Å². The third-order valence-corrected chi connectivity index (χ3v) is 4.70. The van der Waals surface area contributed by atoms with Crippen molar-refractivity contribution < 1.29 is 9.90 Å². The SMILES string of the molecule is CCn1cc(C(=O)O)c(=O)c2nc(N3CCCC3)sc21. The van der Waals surface area contributed by atoms with Gasteiger partial charge in [-0.1, -0.05) is 11.3 Å². The molecule has 0 radical (unpaired) electrons. The first kappa shape index (κ1) is 13.1. The Hall–Kier alpha value is -1.89. The summed E-state index contributed by atoms with van der Waals surface area (Å²) in [6.07, 6.45) is 3.68. The molecule has 1 aliphatic heterocycles. The summed E-state index contributed by atoms with van der Waals surface area (Å²) < 4.78 is 1.79. The van der Waals surface area contributed by atoms with Gasteiger partial charge in [-0.05, 0) is 19.8 Å². The van der Waals surface area contributed by atoms with Crippen LogP contribution in [0.2, 0.25) is 0 Å². The van der Waals surface area contributed by atoms with Crippen molar-refractivity contribution in [1.82, 2.24) is 9.55 Å². The van der Waals surface area contributed by atoms with Gasteiger partial charge in [0.15, 0.2) is 5.13 Å². The highest BCUT2D eigenvalue weighted by molar-refractivity contribution is 7.21. The topological polar surface area (TPSA) is 75.4 Å². The lowest BCUT2D eigenvalue weighted by Gasteiger charge is -2.11. The molecule has 0 saturated carbocycles. The molecule has 2 aromatic rings. The summed E-state index contributed by atoms with van der Waals surface area (Å²) in [5.41, 5.74) is -0.421. The molecule has 0 bridgehead atoms. The summed E-state index contributed by atoms with van der Waals surface area (Å²) in [5, 5.41) is 9.93. The predicted octanol–water partition coefficient (Wildman–Crippen LogP) is 1.78. The van der Waals surface area contributed by atoms with Crippen molar-refractivity contribution in [1.29, 1.82) is 0 Å². The van der Waals surface area contributed by atoms with Gasteiger partial charge < -0.3 is 14.6 Å². The molecule has 0 spiro atoms. The number of rotatable bonds is 3. The Labute approximate surface area is 119 Å². The van der Waals surface area contributed by atoms with Crippen LogP contribution in [0.15, 0.2) is 11.0 Å². The van der Waals surface area contributed by atoms with E-state index in [1.54, 1.807) is 4.57 Å². The van der Waals surface area contributed by atoms with Crippen molar-refractivity contribution in [2.24, 2.45) is 0 Å². The molecule has 20 heavy (non-hydrogen) atoms. The molecule has 1 N–H and O–H groups in total. The van der Waals surface area contributed by atoms with Crippen LogP contribution in [0.3, 0.4) is 0 Å². The molecule has 0 amide bonds. The highest BCUT2D eigenvalue weighted by Gasteiger charge is 2.21. The van der Waals surface area contributed by atoms with Crippen molar-refractivity contribution >= 4 is 32.8 Å². The van der Waals surface area contributed by atoms with Crippen molar-refractivity contribution in [2.45, 2.75) is 26.3 Å². The molecule has 2 aromatic heterocycles. The highest BCUT2D eigenvalue weighted by atomic mass is 32.1. The van der Waals surface area contributed by atoms with Crippen molar-refractivity contribution in [3.05, 3.63) is 22.0 Å². The lowest BCUT2D eigenvalue weighted by Crippen LogP contribution is -2.19. The van der Waals surface area contributed by atoms with Crippen LogP contribution in [0.4, 0.5) is 5.13 Å². The maximum atomic E-state index is 12.2. The van der Waals surface area contributed by atoms with Crippen LogP contribution >= 0.6 is 11.3 Å². The Morgan fingerprint density at radius 1 is 1.45 bits per heavy atom. The molecule has 7 heteroatoms. The molecule has 0 unspecified atom stereocenters. The molecule has 0 atom stereocenters. The Morgan fingerprint density at radius 3 is 2.75 bits per heavy atom. The number of fused-ring (bicyclic) bond motifs is 1. The minimum Gasteiger partial charge on any atom is -0.477 e. The van der Waals surface area contributed by atoms with E-state index in [0.29, 0.717) is 6.54 Å². The zero-order chi connectivity index (χ0) is 14.3. The van der Waals surface area contributed by atoms with Gasteiger partial charge >= 0.3 is 5.97 Å². The zero-order valence-corrected chi connectivity index (χ0v) is 11.9. The third kappa shape index (κ3) is 1.98. The van der Waals surface area contributed by atoms with Gasteiger partial charge in [0, 0.05) is 25.8 Å². The number of aromatic carboxylic acids is 1. The van der Waals surface area contributed by atoms with Crippen molar-refractivity contribution in [3.8, 4) is 0 Å². The minimum absolute atomic E-state index is 0.211. The molecule has 0 aliphatic carbocycles. The summed E-state index contributed by atoms with van der Waals surface area (Å²) in [4.78, 5) is 30.7. The molecule has 1 saturated heterocycles. The molecule has 3 rings (SSSR count). The van der Waals surface area contributed by atoms with Crippen LogP contribution in [-0.4, -0.2) is 33.7 Å². The molecule has 6 nitrogen and oxygen atoms in total. The summed E-state index contributed by atoms with van der Waals surface area (Å²) in [6, 6.07) is 0. The maximum absolute atomic E-state index is 12.2. The Bertz CT molecular complexity index is 728. The van der Waals surface area contributed by atoms with E-state index in [1.807, 2.05) is 6.92 Å². The van der Waals surface area contributed by atoms with E-state index < -0.39 is 11.4 Å². The standard InChI is InChI=1S/C13H15N3O3S/c1-2-15-7-8(12(18)19)10(17)9-11(15)20-13(14-9)16-5-3-4-6-16/h7H,2-6H2,1H3,(H,18,19). The minimum atomic E-state index is -1.20. The second-order valence-electron chi connectivity index (χ2n) is 4.81. The zero-order valence-electron chi connectivity index (χ0n) is 11.1. The number of pyridine rings is 1. The molecule has 1 fully saturated rings. The number of anilines is 1. The van der Waals surface area contributed by atoms with Gasteiger partial charge in [0.05, 0.1) is 0 Å². The Morgan fingerprint density at radius 2 is 2.15 bits per heavy atom. The fourth-order valence-corrected chi connectivity index (χ4v) is 3.63. The number of hydrogen-bond donors (Lipinski definition) is 1. The van der Waals surface area contributed by atoms with Crippen LogP contribution in [0.25, 0.3) is 10.3 Å². The van der Waals surface area contributed by atoms with Crippen LogP contribution in [0.5, 0.6) is 0 Å². The van der Waals surface area contributed by atoms with Crippen molar-refractivity contribution in [2.75, 3.05) is 18.0 Å².